The Kier molecular flexibility index (Phi) is 3.81. The minimum Gasteiger partial charge on any atom is -0.478 e. The van der Waals surface area contributed by atoms with E-state index in [0.29, 0.717) is 5.69 Å². The summed E-state index contributed by atoms with van der Waals surface area (Å²) >= 11 is 0. The third-order valence-corrected chi connectivity index (χ3v) is 5.21. The van der Waals surface area contributed by atoms with Gasteiger partial charge in [0.1, 0.15) is 5.82 Å². The number of hydrogen-bond acceptors (Lipinski definition) is 3. The molecule has 0 radical (unpaired) electrons. The summed E-state index contributed by atoms with van der Waals surface area (Å²) in [5.41, 5.74) is 2.05. The van der Waals surface area contributed by atoms with Gasteiger partial charge in [-0.15, -0.1) is 0 Å². The Labute approximate surface area is 132 Å². The Morgan fingerprint density at radius 3 is 2.57 bits per heavy atom. The second-order valence-electron chi connectivity index (χ2n) is 5.39. The molecule has 0 bridgehead atoms. The number of aromatic carboxylic acids is 1. The van der Waals surface area contributed by atoms with E-state index in [0.717, 1.165) is 43.0 Å². The predicted molar refractivity (Wildman–Crippen MR) is 82.6 cm³/mol. The molecular formula is C16H14FNO4S. The fourth-order valence-corrected chi connectivity index (χ4v) is 3.76. The molecule has 2 aromatic rings. The van der Waals surface area contributed by atoms with Crippen LogP contribution in [0.2, 0.25) is 0 Å². The van der Waals surface area contributed by atoms with E-state index in [1.165, 1.54) is 5.56 Å². The van der Waals surface area contributed by atoms with Crippen LogP contribution in [0.15, 0.2) is 41.3 Å². The van der Waals surface area contributed by atoms with Gasteiger partial charge in [0, 0.05) is 5.69 Å². The molecule has 1 aliphatic carbocycles. The monoisotopic (exact) mass is 335 g/mol. The minimum absolute atomic E-state index is 0.295. The van der Waals surface area contributed by atoms with Crippen LogP contribution in [-0.2, 0) is 22.9 Å². The molecule has 0 spiro atoms. The smallest absolute Gasteiger partial charge is 0.338 e. The van der Waals surface area contributed by atoms with Crippen molar-refractivity contribution in [1.29, 1.82) is 0 Å². The molecule has 0 atom stereocenters. The summed E-state index contributed by atoms with van der Waals surface area (Å²) in [5.74, 6) is -2.49. The second-order valence-corrected chi connectivity index (χ2v) is 7.07. The van der Waals surface area contributed by atoms with Crippen molar-refractivity contribution in [3.8, 4) is 0 Å². The normalized spacial score (nSPS) is 13.6. The molecule has 0 fully saturated rings. The van der Waals surface area contributed by atoms with Crippen LogP contribution in [0.25, 0.3) is 0 Å². The summed E-state index contributed by atoms with van der Waals surface area (Å²) in [5, 5.41) is 8.90. The van der Waals surface area contributed by atoms with Gasteiger partial charge in [-0.05, 0) is 60.7 Å². The van der Waals surface area contributed by atoms with Gasteiger partial charge in [-0.2, -0.15) is 0 Å². The molecule has 0 saturated carbocycles. The predicted octanol–water partition coefficient (Wildman–Crippen LogP) is 2.81. The number of benzene rings is 2. The average Bonchev–Trinajstić information content (AvgIpc) is 2.94. The number of hydrogen-bond donors (Lipinski definition) is 2. The second kappa shape index (κ2) is 5.66. The van der Waals surface area contributed by atoms with Gasteiger partial charge in [0.2, 0.25) is 0 Å². The van der Waals surface area contributed by atoms with Crippen LogP contribution < -0.4 is 4.72 Å². The van der Waals surface area contributed by atoms with Gasteiger partial charge in [-0.25, -0.2) is 17.6 Å². The topological polar surface area (TPSA) is 83.5 Å². The maximum Gasteiger partial charge on any atom is 0.338 e. The molecule has 0 heterocycles. The zero-order valence-electron chi connectivity index (χ0n) is 12.0. The van der Waals surface area contributed by atoms with Gasteiger partial charge in [-0.3, -0.25) is 4.72 Å². The number of carboxylic acid groups (broad SMARTS) is 1. The van der Waals surface area contributed by atoms with Crippen LogP contribution in [0.5, 0.6) is 0 Å². The maximum atomic E-state index is 13.4. The number of carbonyl (C=O) groups is 1. The first-order chi connectivity index (χ1) is 10.9. The third kappa shape index (κ3) is 3.05. The molecule has 0 aromatic heterocycles. The molecule has 1 aliphatic rings. The molecule has 0 unspecified atom stereocenters. The van der Waals surface area contributed by atoms with Crippen molar-refractivity contribution >= 4 is 21.7 Å². The van der Waals surface area contributed by atoms with Crippen LogP contribution in [0.1, 0.15) is 27.9 Å². The van der Waals surface area contributed by atoms with Crippen molar-refractivity contribution in [1.82, 2.24) is 0 Å². The lowest BCUT2D eigenvalue weighted by Crippen LogP contribution is -2.14. The highest BCUT2D eigenvalue weighted by molar-refractivity contribution is 7.92. The molecule has 3 rings (SSSR count). The molecule has 0 amide bonds. The van der Waals surface area contributed by atoms with Crippen LogP contribution in [0, 0.1) is 5.82 Å². The summed E-state index contributed by atoms with van der Waals surface area (Å²) in [6.07, 6.45) is 2.94. The van der Waals surface area contributed by atoms with Crippen molar-refractivity contribution in [2.45, 2.75) is 24.2 Å². The fourth-order valence-electron chi connectivity index (χ4n) is 2.68. The molecule has 23 heavy (non-hydrogen) atoms. The van der Waals surface area contributed by atoms with Crippen LogP contribution in [0.4, 0.5) is 10.1 Å². The summed E-state index contributed by atoms with van der Waals surface area (Å²) in [7, 11) is -3.98. The number of fused-ring (bicyclic) bond motifs is 1. The summed E-state index contributed by atoms with van der Waals surface area (Å²) in [6.45, 7) is 0. The first kappa shape index (κ1) is 15.5. The Bertz CT molecular complexity index is 893. The fraction of sp³-hybridized carbons (Fsp3) is 0.188. The molecule has 0 saturated heterocycles. The molecular weight excluding hydrogens is 321 g/mol. The van der Waals surface area contributed by atoms with Crippen molar-refractivity contribution in [2.24, 2.45) is 0 Å². The zero-order chi connectivity index (χ0) is 16.6. The molecule has 2 aromatic carbocycles. The first-order valence-corrected chi connectivity index (χ1v) is 8.52. The maximum absolute atomic E-state index is 13.4. The quantitative estimate of drug-likeness (QED) is 0.900. The highest BCUT2D eigenvalue weighted by Gasteiger charge is 2.20. The lowest BCUT2D eigenvalue weighted by Gasteiger charge is -2.10. The summed E-state index contributed by atoms with van der Waals surface area (Å²) in [6, 6.07) is 8.02. The van der Waals surface area contributed by atoms with E-state index in [1.54, 1.807) is 12.1 Å². The van der Waals surface area contributed by atoms with Gasteiger partial charge in [0.05, 0.1) is 10.5 Å². The third-order valence-electron chi connectivity index (χ3n) is 3.83. The standard InChI is InChI=1S/C16H14FNO4S/c17-15-7-6-13(9-14(15)16(19)20)23(21,22)18-12-5-4-10-2-1-3-11(10)8-12/h4-9,18H,1-3H2,(H,19,20). The Balaban J connectivity index is 1.93. The van der Waals surface area contributed by atoms with E-state index in [4.69, 9.17) is 5.11 Å². The Hall–Kier alpha value is -2.41. The number of sulfonamides is 1. The van der Waals surface area contributed by atoms with E-state index < -0.39 is 27.4 Å². The first-order valence-electron chi connectivity index (χ1n) is 7.04. The molecule has 120 valence electrons. The van der Waals surface area contributed by atoms with Gasteiger partial charge < -0.3 is 5.11 Å². The lowest BCUT2D eigenvalue weighted by molar-refractivity contribution is 0.0691. The lowest BCUT2D eigenvalue weighted by atomic mass is 10.1. The van der Waals surface area contributed by atoms with E-state index in [2.05, 4.69) is 4.72 Å². The van der Waals surface area contributed by atoms with Gasteiger partial charge in [0.15, 0.2) is 0 Å². The number of rotatable bonds is 4. The Morgan fingerprint density at radius 1 is 1.09 bits per heavy atom. The molecule has 7 heteroatoms. The number of anilines is 1. The number of halogens is 1. The van der Waals surface area contributed by atoms with E-state index in [9.17, 15) is 17.6 Å². The number of aryl methyl sites for hydroxylation is 2. The van der Waals surface area contributed by atoms with Crippen molar-refractivity contribution in [2.75, 3.05) is 4.72 Å². The van der Waals surface area contributed by atoms with Gasteiger partial charge in [-0.1, -0.05) is 6.07 Å². The average molecular weight is 335 g/mol. The molecule has 2 N–H and O–H groups in total. The van der Waals surface area contributed by atoms with Crippen molar-refractivity contribution in [3.05, 3.63) is 58.9 Å². The number of nitrogens with one attached hydrogen (secondary N) is 1. The number of carboxylic acids is 1. The zero-order valence-corrected chi connectivity index (χ0v) is 12.9. The van der Waals surface area contributed by atoms with E-state index in [-0.39, 0.29) is 4.90 Å². The highest BCUT2D eigenvalue weighted by atomic mass is 32.2. The Morgan fingerprint density at radius 2 is 1.83 bits per heavy atom. The highest BCUT2D eigenvalue weighted by Crippen LogP contribution is 2.26. The van der Waals surface area contributed by atoms with Crippen molar-refractivity contribution < 1.29 is 22.7 Å². The van der Waals surface area contributed by atoms with Crippen LogP contribution in [-0.4, -0.2) is 19.5 Å². The van der Waals surface area contributed by atoms with Crippen LogP contribution in [0.3, 0.4) is 0 Å². The minimum atomic E-state index is -3.98. The summed E-state index contributed by atoms with van der Waals surface area (Å²) in [4.78, 5) is 10.6. The molecule has 5 nitrogen and oxygen atoms in total. The summed E-state index contributed by atoms with van der Waals surface area (Å²) < 4.78 is 40.5. The van der Waals surface area contributed by atoms with Gasteiger partial charge >= 0.3 is 5.97 Å². The SMILES string of the molecule is O=C(O)c1cc(S(=O)(=O)Nc2ccc3c(c2)CCC3)ccc1F. The van der Waals surface area contributed by atoms with E-state index in [1.807, 2.05) is 6.07 Å². The van der Waals surface area contributed by atoms with Crippen LogP contribution >= 0.6 is 0 Å². The van der Waals surface area contributed by atoms with Crippen molar-refractivity contribution in [3.63, 3.8) is 0 Å². The molecule has 0 aliphatic heterocycles. The van der Waals surface area contributed by atoms with E-state index >= 15 is 0 Å². The largest absolute Gasteiger partial charge is 0.478 e. The van der Waals surface area contributed by atoms with Gasteiger partial charge in [0.25, 0.3) is 10.0 Å².